The van der Waals surface area contributed by atoms with E-state index in [2.05, 4.69) is 5.32 Å². The average molecular weight is 373 g/mol. The smallest absolute Gasteiger partial charge is 0.261 e. The molecule has 1 aliphatic heterocycles. The second kappa shape index (κ2) is 7.40. The minimum atomic E-state index is -0.889. The van der Waals surface area contributed by atoms with Gasteiger partial charge < -0.3 is 10.1 Å². The molecule has 1 aromatic carbocycles. The Hall–Kier alpha value is -1.79. The van der Waals surface area contributed by atoms with Crippen LogP contribution in [0.5, 0.6) is 5.75 Å². The summed E-state index contributed by atoms with van der Waals surface area (Å²) in [6, 6.07) is 3.54. The number of likely N-dealkylation sites (tertiary alicyclic amines) is 1. The number of hydrogen-bond donors (Lipinski definition) is 1. The maximum absolute atomic E-state index is 12.2. The van der Waals surface area contributed by atoms with Gasteiger partial charge in [-0.15, -0.1) is 0 Å². The predicted octanol–water partition coefficient (Wildman–Crippen LogP) is 2.41. The fourth-order valence-corrected chi connectivity index (χ4v) is 2.86. The molecule has 2 atom stereocenters. The zero-order chi connectivity index (χ0) is 18.0. The summed E-state index contributed by atoms with van der Waals surface area (Å²) in [4.78, 5) is 37.4. The lowest BCUT2D eigenvalue weighted by Gasteiger charge is -2.20. The number of amides is 3. The molecule has 6 nitrogen and oxygen atoms in total. The Morgan fingerprint density at radius 3 is 2.50 bits per heavy atom. The van der Waals surface area contributed by atoms with Crippen molar-refractivity contribution in [1.82, 2.24) is 10.2 Å². The lowest BCUT2D eigenvalue weighted by Crippen LogP contribution is -2.47. The van der Waals surface area contributed by atoms with E-state index in [1.807, 2.05) is 0 Å². The molecule has 1 aliphatic rings. The minimum Gasteiger partial charge on any atom is -0.479 e. The monoisotopic (exact) mass is 372 g/mol. The first kappa shape index (κ1) is 18.5. The van der Waals surface area contributed by atoms with Crippen molar-refractivity contribution >= 4 is 40.9 Å². The number of nitrogens with one attached hydrogen (secondary N) is 1. The lowest BCUT2D eigenvalue weighted by atomic mass is 10.2. The van der Waals surface area contributed by atoms with Gasteiger partial charge in [-0.3, -0.25) is 19.3 Å². The highest BCUT2D eigenvalue weighted by atomic mass is 35.5. The Balaban J connectivity index is 1.99. The molecular formula is C16H18Cl2N2O4. The molecule has 0 unspecified atom stereocenters. The van der Waals surface area contributed by atoms with E-state index in [0.717, 1.165) is 4.90 Å². The first-order chi connectivity index (χ1) is 11.2. The van der Waals surface area contributed by atoms with Crippen LogP contribution in [0.1, 0.15) is 27.2 Å². The van der Waals surface area contributed by atoms with Crippen molar-refractivity contribution in [3.63, 3.8) is 0 Å². The van der Waals surface area contributed by atoms with Gasteiger partial charge in [-0.05, 0) is 39.0 Å². The van der Waals surface area contributed by atoms with Gasteiger partial charge in [-0.25, -0.2) is 0 Å². The van der Waals surface area contributed by atoms with Gasteiger partial charge in [0, 0.05) is 11.1 Å². The molecule has 0 radical (unpaired) electrons. The number of carbonyl (C=O) groups excluding carboxylic acids is 3. The molecule has 24 heavy (non-hydrogen) atoms. The summed E-state index contributed by atoms with van der Waals surface area (Å²) in [7, 11) is 0. The Morgan fingerprint density at radius 2 is 1.96 bits per heavy atom. The fraction of sp³-hybridized carbons (Fsp3) is 0.438. The van der Waals surface area contributed by atoms with Crippen molar-refractivity contribution in [1.29, 1.82) is 0 Å². The van der Waals surface area contributed by atoms with Gasteiger partial charge in [0.2, 0.25) is 5.91 Å². The zero-order valence-electron chi connectivity index (χ0n) is 13.5. The molecular weight excluding hydrogens is 355 g/mol. The zero-order valence-corrected chi connectivity index (χ0v) is 15.0. The second-order valence-electron chi connectivity index (χ2n) is 5.80. The molecule has 8 heteroatoms. The highest BCUT2D eigenvalue weighted by Crippen LogP contribution is 2.28. The topological polar surface area (TPSA) is 75.7 Å². The van der Waals surface area contributed by atoms with Crippen molar-refractivity contribution in [3.05, 3.63) is 28.2 Å². The standard InChI is InChI=1S/C16H18Cl2N2O4/c1-8(2)20-14(21)7-12(16(20)23)19-15(22)9(3)24-13-5-4-10(17)6-11(13)18/h4-6,8-9,12H,7H2,1-3H3,(H,19,22)/t9-,12+/m1/s1. The van der Waals surface area contributed by atoms with Gasteiger partial charge in [-0.2, -0.15) is 0 Å². The van der Waals surface area contributed by atoms with E-state index >= 15 is 0 Å². The Labute approximate surface area is 150 Å². The van der Waals surface area contributed by atoms with Crippen LogP contribution in [0.25, 0.3) is 0 Å². The number of nitrogens with zero attached hydrogens (tertiary/aromatic N) is 1. The molecule has 0 aromatic heterocycles. The predicted molar refractivity (Wildman–Crippen MR) is 90.1 cm³/mol. The second-order valence-corrected chi connectivity index (χ2v) is 6.64. The van der Waals surface area contributed by atoms with E-state index < -0.39 is 24.0 Å². The van der Waals surface area contributed by atoms with Crippen LogP contribution in [-0.2, 0) is 14.4 Å². The largest absolute Gasteiger partial charge is 0.479 e. The summed E-state index contributed by atoms with van der Waals surface area (Å²) in [6.07, 6.45) is -0.934. The first-order valence-corrected chi connectivity index (χ1v) is 8.24. The van der Waals surface area contributed by atoms with Crippen LogP contribution in [0.2, 0.25) is 10.0 Å². The van der Waals surface area contributed by atoms with Crippen LogP contribution in [0.15, 0.2) is 18.2 Å². The summed E-state index contributed by atoms with van der Waals surface area (Å²) in [6.45, 7) is 5.02. The van der Waals surface area contributed by atoms with Crippen LogP contribution < -0.4 is 10.1 Å². The van der Waals surface area contributed by atoms with Crippen LogP contribution >= 0.6 is 23.2 Å². The molecule has 1 heterocycles. The number of imide groups is 1. The van der Waals surface area contributed by atoms with Crippen molar-refractivity contribution < 1.29 is 19.1 Å². The average Bonchev–Trinajstić information content (AvgIpc) is 2.76. The van der Waals surface area contributed by atoms with Crippen molar-refractivity contribution in [2.24, 2.45) is 0 Å². The third kappa shape index (κ3) is 3.99. The van der Waals surface area contributed by atoms with Crippen LogP contribution in [0.3, 0.4) is 0 Å². The van der Waals surface area contributed by atoms with Gasteiger partial charge in [0.05, 0.1) is 11.4 Å². The Kier molecular flexibility index (Phi) is 5.72. The van der Waals surface area contributed by atoms with E-state index in [-0.39, 0.29) is 23.4 Å². The highest BCUT2D eigenvalue weighted by molar-refractivity contribution is 6.35. The quantitative estimate of drug-likeness (QED) is 0.805. The number of rotatable bonds is 5. The third-order valence-corrected chi connectivity index (χ3v) is 4.11. The van der Waals surface area contributed by atoms with E-state index in [9.17, 15) is 14.4 Å². The summed E-state index contributed by atoms with van der Waals surface area (Å²) >= 11 is 11.8. The van der Waals surface area contributed by atoms with Crippen molar-refractivity contribution in [2.45, 2.75) is 45.4 Å². The van der Waals surface area contributed by atoms with Crippen molar-refractivity contribution in [2.75, 3.05) is 0 Å². The normalized spacial score (nSPS) is 18.9. The highest BCUT2D eigenvalue weighted by Gasteiger charge is 2.41. The number of carbonyl (C=O) groups is 3. The molecule has 1 fully saturated rings. The summed E-state index contributed by atoms with van der Waals surface area (Å²) in [5, 5.41) is 3.28. The number of benzene rings is 1. The minimum absolute atomic E-state index is 0.0445. The molecule has 0 bridgehead atoms. The van der Waals surface area contributed by atoms with Gasteiger partial charge in [0.15, 0.2) is 6.10 Å². The molecule has 0 saturated carbocycles. The van der Waals surface area contributed by atoms with Gasteiger partial charge in [0.1, 0.15) is 11.8 Å². The van der Waals surface area contributed by atoms with Crippen LogP contribution in [0.4, 0.5) is 0 Å². The van der Waals surface area contributed by atoms with E-state index in [1.54, 1.807) is 26.0 Å². The maximum atomic E-state index is 12.2. The molecule has 2 rings (SSSR count). The van der Waals surface area contributed by atoms with Gasteiger partial charge >= 0.3 is 0 Å². The molecule has 130 valence electrons. The van der Waals surface area contributed by atoms with Gasteiger partial charge in [0.25, 0.3) is 11.8 Å². The van der Waals surface area contributed by atoms with E-state index in [4.69, 9.17) is 27.9 Å². The molecule has 1 saturated heterocycles. The molecule has 3 amide bonds. The lowest BCUT2D eigenvalue weighted by molar-refractivity contribution is -0.142. The third-order valence-electron chi connectivity index (χ3n) is 3.58. The Bertz CT molecular complexity index is 678. The van der Waals surface area contributed by atoms with E-state index in [0.29, 0.717) is 10.8 Å². The molecule has 0 spiro atoms. The maximum Gasteiger partial charge on any atom is 0.261 e. The van der Waals surface area contributed by atoms with Gasteiger partial charge in [-0.1, -0.05) is 23.2 Å². The van der Waals surface area contributed by atoms with Crippen molar-refractivity contribution in [3.8, 4) is 5.75 Å². The molecule has 0 aliphatic carbocycles. The number of hydrogen-bond acceptors (Lipinski definition) is 4. The van der Waals surface area contributed by atoms with E-state index in [1.165, 1.54) is 13.0 Å². The SMILES string of the molecule is CC(C)N1C(=O)C[C@H](NC(=O)[C@@H](C)Oc2ccc(Cl)cc2Cl)C1=O. The summed E-state index contributed by atoms with van der Waals surface area (Å²) in [5.74, 6) is -0.895. The summed E-state index contributed by atoms with van der Waals surface area (Å²) in [5.41, 5.74) is 0. The Morgan fingerprint density at radius 1 is 1.29 bits per heavy atom. The fourth-order valence-electron chi connectivity index (χ4n) is 2.41. The number of ether oxygens (including phenoxy) is 1. The van der Waals surface area contributed by atoms with Crippen LogP contribution in [0, 0.1) is 0 Å². The molecule has 1 aromatic rings. The first-order valence-electron chi connectivity index (χ1n) is 7.48. The number of halogens is 2. The molecule has 1 N–H and O–H groups in total. The van der Waals surface area contributed by atoms with Crippen LogP contribution in [-0.4, -0.2) is 40.8 Å². The summed E-state index contributed by atoms with van der Waals surface area (Å²) < 4.78 is 5.50.